The molecule has 0 bridgehead atoms. The summed E-state index contributed by atoms with van der Waals surface area (Å²) in [6.07, 6.45) is -0.0519. The van der Waals surface area contributed by atoms with Gasteiger partial charge in [0.25, 0.3) is 5.91 Å². The number of para-hydroxylation sites is 4. The first-order chi connectivity index (χ1) is 15.5. The highest BCUT2D eigenvalue weighted by molar-refractivity contribution is 7.80. The van der Waals surface area contributed by atoms with E-state index in [1.807, 2.05) is 74.5 Å². The van der Waals surface area contributed by atoms with Gasteiger partial charge in [-0.3, -0.25) is 10.1 Å². The van der Waals surface area contributed by atoms with Crippen LogP contribution in [0.15, 0.2) is 78.9 Å². The maximum Gasteiger partial charge on any atom is 0.261 e. The van der Waals surface area contributed by atoms with E-state index < -0.39 is 0 Å². The van der Waals surface area contributed by atoms with Crippen LogP contribution < -0.4 is 24.8 Å². The van der Waals surface area contributed by atoms with Gasteiger partial charge in [-0.05, 0) is 62.5 Å². The highest BCUT2D eigenvalue weighted by atomic mass is 32.1. The SMILES string of the molecule is CC(C)Oc1ccccc1C(=O)NC(=S)Nc1ccccc1OCCOc1ccccc1. The molecule has 0 unspecified atom stereocenters. The Labute approximate surface area is 193 Å². The van der Waals surface area contributed by atoms with E-state index in [1.165, 1.54) is 0 Å². The highest BCUT2D eigenvalue weighted by Gasteiger charge is 2.15. The second kappa shape index (κ2) is 11.7. The van der Waals surface area contributed by atoms with Crippen molar-refractivity contribution in [1.82, 2.24) is 5.32 Å². The zero-order chi connectivity index (χ0) is 22.8. The molecule has 0 spiro atoms. The Kier molecular flexibility index (Phi) is 8.45. The van der Waals surface area contributed by atoms with Crippen molar-refractivity contribution in [3.8, 4) is 17.2 Å². The van der Waals surface area contributed by atoms with Crippen molar-refractivity contribution < 1.29 is 19.0 Å². The minimum Gasteiger partial charge on any atom is -0.490 e. The van der Waals surface area contributed by atoms with E-state index in [0.29, 0.717) is 36.0 Å². The second-order valence-corrected chi connectivity index (χ2v) is 7.49. The van der Waals surface area contributed by atoms with E-state index in [1.54, 1.807) is 18.2 Å². The summed E-state index contributed by atoms with van der Waals surface area (Å²) in [6, 6.07) is 23.9. The van der Waals surface area contributed by atoms with Gasteiger partial charge in [-0.25, -0.2) is 0 Å². The number of thiocarbonyl (C=S) groups is 1. The maximum atomic E-state index is 12.7. The number of carbonyl (C=O) groups is 1. The molecule has 0 aliphatic rings. The van der Waals surface area contributed by atoms with Gasteiger partial charge in [-0.1, -0.05) is 42.5 Å². The molecule has 166 valence electrons. The summed E-state index contributed by atoms with van der Waals surface area (Å²) >= 11 is 5.34. The monoisotopic (exact) mass is 450 g/mol. The minimum absolute atomic E-state index is 0.0519. The van der Waals surface area contributed by atoms with Gasteiger partial charge in [0, 0.05) is 0 Å². The van der Waals surface area contributed by atoms with E-state index >= 15 is 0 Å². The van der Waals surface area contributed by atoms with Crippen LogP contribution >= 0.6 is 12.2 Å². The summed E-state index contributed by atoms with van der Waals surface area (Å²) in [5.74, 6) is 1.54. The summed E-state index contributed by atoms with van der Waals surface area (Å²) in [4.78, 5) is 12.7. The average molecular weight is 451 g/mol. The molecule has 3 aromatic rings. The number of benzene rings is 3. The largest absolute Gasteiger partial charge is 0.490 e. The molecule has 0 heterocycles. The van der Waals surface area contributed by atoms with Crippen LogP contribution in [-0.4, -0.2) is 30.3 Å². The van der Waals surface area contributed by atoms with Crippen LogP contribution in [-0.2, 0) is 0 Å². The van der Waals surface area contributed by atoms with Crippen LogP contribution in [0.3, 0.4) is 0 Å². The van der Waals surface area contributed by atoms with E-state index in [4.69, 9.17) is 26.4 Å². The number of anilines is 1. The number of amides is 1. The van der Waals surface area contributed by atoms with Crippen LogP contribution in [0.5, 0.6) is 17.2 Å². The fourth-order valence-corrected chi connectivity index (χ4v) is 3.06. The van der Waals surface area contributed by atoms with Crippen molar-refractivity contribution in [2.24, 2.45) is 0 Å². The quantitative estimate of drug-likeness (QED) is 0.351. The van der Waals surface area contributed by atoms with Crippen molar-refractivity contribution in [2.45, 2.75) is 20.0 Å². The van der Waals surface area contributed by atoms with Crippen molar-refractivity contribution in [3.05, 3.63) is 84.4 Å². The molecule has 3 rings (SSSR count). The van der Waals surface area contributed by atoms with E-state index in [2.05, 4.69) is 10.6 Å². The number of ether oxygens (including phenoxy) is 3. The van der Waals surface area contributed by atoms with Crippen molar-refractivity contribution >= 4 is 28.9 Å². The molecule has 6 nitrogen and oxygen atoms in total. The lowest BCUT2D eigenvalue weighted by molar-refractivity contribution is 0.0972. The molecular formula is C25H26N2O4S. The smallest absolute Gasteiger partial charge is 0.261 e. The van der Waals surface area contributed by atoms with Crippen LogP contribution in [0.2, 0.25) is 0 Å². The average Bonchev–Trinajstić information content (AvgIpc) is 2.78. The first-order valence-electron chi connectivity index (χ1n) is 10.3. The molecule has 0 saturated carbocycles. The first kappa shape index (κ1) is 23.1. The molecule has 0 aliphatic heterocycles. The molecule has 0 aromatic heterocycles. The molecule has 0 aliphatic carbocycles. The summed E-state index contributed by atoms with van der Waals surface area (Å²) < 4.78 is 17.2. The summed E-state index contributed by atoms with van der Waals surface area (Å²) in [6.45, 7) is 4.56. The predicted molar refractivity (Wildman–Crippen MR) is 130 cm³/mol. The standard InChI is InChI=1S/C25H26N2O4S/c1-18(2)31-22-14-8-6-12-20(22)24(28)27-25(32)26-21-13-7-9-15-23(21)30-17-16-29-19-10-4-3-5-11-19/h3-15,18H,16-17H2,1-2H3,(H2,26,27,28,32). The van der Waals surface area contributed by atoms with Crippen LogP contribution in [0.4, 0.5) is 5.69 Å². The molecule has 0 fully saturated rings. The Bertz CT molecular complexity index is 1040. The van der Waals surface area contributed by atoms with Gasteiger partial charge in [-0.15, -0.1) is 0 Å². The van der Waals surface area contributed by atoms with E-state index in [9.17, 15) is 4.79 Å². The number of carbonyl (C=O) groups excluding carboxylic acids is 1. The molecule has 2 N–H and O–H groups in total. The third-order valence-electron chi connectivity index (χ3n) is 4.21. The summed E-state index contributed by atoms with van der Waals surface area (Å²) in [5, 5.41) is 5.88. The lowest BCUT2D eigenvalue weighted by Crippen LogP contribution is -2.34. The lowest BCUT2D eigenvalue weighted by Gasteiger charge is -2.16. The molecule has 0 saturated heterocycles. The zero-order valence-corrected chi connectivity index (χ0v) is 18.9. The normalized spacial score (nSPS) is 10.3. The maximum absolute atomic E-state index is 12.7. The summed E-state index contributed by atoms with van der Waals surface area (Å²) in [7, 11) is 0. The Balaban J connectivity index is 1.56. The highest BCUT2D eigenvalue weighted by Crippen LogP contribution is 2.24. The molecule has 0 radical (unpaired) electrons. The van der Waals surface area contributed by atoms with Crippen molar-refractivity contribution in [3.63, 3.8) is 0 Å². The second-order valence-electron chi connectivity index (χ2n) is 7.08. The molecule has 1 amide bonds. The molecule has 3 aromatic carbocycles. The van der Waals surface area contributed by atoms with Crippen LogP contribution in [0, 0.1) is 0 Å². The van der Waals surface area contributed by atoms with Gasteiger partial charge in [0.1, 0.15) is 30.5 Å². The van der Waals surface area contributed by atoms with Crippen molar-refractivity contribution in [1.29, 1.82) is 0 Å². The van der Waals surface area contributed by atoms with Gasteiger partial charge in [0.2, 0.25) is 0 Å². The van der Waals surface area contributed by atoms with E-state index in [0.717, 1.165) is 5.75 Å². The summed E-state index contributed by atoms with van der Waals surface area (Å²) in [5.41, 5.74) is 1.05. The molecule has 7 heteroatoms. The Morgan fingerprint density at radius 1 is 0.844 bits per heavy atom. The number of hydrogen-bond donors (Lipinski definition) is 2. The van der Waals surface area contributed by atoms with Gasteiger partial charge < -0.3 is 19.5 Å². The lowest BCUT2D eigenvalue weighted by atomic mass is 10.2. The van der Waals surface area contributed by atoms with Crippen LogP contribution in [0.1, 0.15) is 24.2 Å². The van der Waals surface area contributed by atoms with Gasteiger partial charge in [-0.2, -0.15) is 0 Å². The fourth-order valence-electron chi connectivity index (χ4n) is 2.86. The predicted octanol–water partition coefficient (Wildman–Crippen LogP) is 5.06. The third-order valence-corrected chi connectivity index (χ3v) is 4.41. The zero-order valence-electron chi connectivity index (χ0n) is 18.0. The van der Waals surface area contributed by atoms with Gasteiger partial charge in [0.15, 0.2) is 5.11 Å². The van der Waals surface area contributed by atoms with Gasteiger partial charge in [0.05, 0.1) is 17.4 Å². The molecule has 32 heavy (non-hydrogen) atoms. The van der Waals surface area contributed by atoms with E-state index in [-0.39, 0.29) is 17.1 Å². The number of nitrogens with one attached hydrogen (secondary N) is 2. The first-order valence-corrected chi connectivity index (χ1v) is 10.7. The fraction of sp³-hybridized carbons (Fsp3) is 0.200. The number of hydrogen-bond acceptors (Lipinski definition) is 5. The Hall–Kier alpha value is -3.58. The van der Waals surface area contributed by atoms with Crippen LogP contribution in [0.25, 0.3) is 0 Å². The third kappa shape index (κ3) is 6.99. The number of rotatable bonds is 9. The molecular weight excluding hydrogens is 424 g/mol. The minimum atomic E-state index is -0.353. The topological polar surface area (TPSA) is 68.8 Å². The Morgan fingerprint density at radius 3 is 2.22 bits per heavy atom. The van der Waals surface area contributed by atoms with Gasteiger partial charge >= 0.3 is 0 Å². The molecule has 0 atom stereocenters. The Morgan fingerprint density at radius 2 is 1.47 bits per heavy atom. The van der Waals surface area contributed by atoms with Crippen molar-refractivity contribution in [2.75, 3.05) is 18.5 Å².